The third-order valence-corrected chi connectivity index (χ3v) is 2.92. The van der Waals surface area contributed by atoms with Gasteiger partial charge in [-0.25, -0.2) is 9.18 Å². The van der Waals surface area contributed by atoms with Crippen LogP contribution in [0.3, 0.4) is 0 Å². The van der Waals surface area contributed by atoms with Crippen LogP contribution in [0.15, 0.2) is 16.9 Å². The SMILES string of the molecule is CCOC(=O)c1[nH]c2c(F)cc(C)cc2c(=O)c1C. The van der Waals surface area contributed by atoms with Crippen molar-refractivity contribution in [3.63, 3.8) is 0 Å². The lowest BCUT2D eigenvalue weighted by Gasteiger charge is -2.08. The highest BCUT2D eigenvalue weighted by molar-refractivity contribution is 5.93. The summed E-state index contributed by atoms with van der Waals surface area (Å²) < 4.78 is 18.7. The van der Waals surface area contributed by atoms with Crippen molar-refractivity contribution in [3.8, 4) is 0 Å². The van der Waals surface area contributed by atoms with Gasteiger partial charge >= 0.3 is 5.97 Å². The number of H-pyrrole nitrogens is 1. The molecule has 1 N–H and O–H groups in total. The Morgan fingerprint density at radius 3 is 2.68 bits per heavy atom. The highest BCUT2D eigenvalue weighted by atomic mass is 19.1. The van der Waals surface area contributed by atoms with Crippen molar-refractivity contribution in [1.29, 1.82) is 0 Å². The van der Waals surface area contributed by atoms with E-state index in [9.17, 15) is 14.0 Å². The minimum absolute atomic E-state index is 0.00195. The topological polar surface area (TPSA) is 59.2 Å². The number of hydrogen-bond acceptors (Lipinski definition) is 3. The molecule has 0 saturated heterocycles. The number of benzene rings is 1. The number of nitrogens with one attached hydrogen (secondary N) is 1. The summed E-state index contributed by atoms with van der Waals surface area (Å²) in [5.74, 6) is -1.21. The van der Waals surface area contributed by atoms with Gasteiger partial charge in [-0.15, -0.1) is 0 Å². The molecule has 4 nitrogen and oxygen atoms in total. The Balaban J connectivity index is 2.80. The zero-order valence-electron chi connectivity index (χ0n) is 11.0. The molecule has 2 aromatic rings. The average molecular weight is 263 g/mol. The number of aromatic amines is 1. The molecule has 0 fully saturated rings. The molecular weight excluding hydrogens is 249 g/mol. The highest BCUT2D eigenvalue weighted by Gasteiger charge is 2.17. The van der Waals surface area contributed by atoms with E-state index in [1.165, 1.54) is 13.0 Å². The van der Waals surface area contributed by atoms with Crippen LogP contribution in [-0.2, 0) is 4.74 Å². The first-order chi connectivity index (χ1) is 8.95. The number of carbonyl (C=O) groups excluding carboxylic acids is 1. The minimum Gasteiger partial charge on any atom is -0.461 e. The standard InChI is InChI=1S/C14H14FNO3/c1-4-19-14(18)11-8(3)13(17)9-5-7(2)6-10(15)12(9)16-11/h5-6H,4H2,1-3H3,(H,16,17). The summed E-state index contributed by atoms with van der Waals surface area (Å²) in [6.45, 7) is 5.08. The quantitative estimate of drug-likeness (QED) is 0.847. The van der Waals surface area contributed by atoms with E-state index in [1.807, 2.05) is 0 Å². The van der Waals surface area contributed by atoms with E-state index in [-0.39, 0.29) is 34.2 Å². The number of pyridine rings is 1. The number of aryl methyl sites for hydroxylation is 1. The van der Waals surface area contributed by atoms with E-state index in [4.69, 9.17) is 4.74 Å². The van der Waals surface area contributed by atoms with Crippen molar-refractivity contribution in [2.45, 2.75) is 20.8 Å². The maximum absolute atomic E-state index is 13.9. The lowest BCUT2D eigenvalue weighted by molar-refractivity contribution is 0.0519. The van der Waals surface area contributed by atoms with Crippen molar-refractivity contribution < 1.29 is 13.9 Å². The van der Waals surface area contributed by atoms with Gasteiger partial charge in [-0.1, -0.05) is 0 Å². The molecule has 100 valence electrons. The van der Waals surface area contributed by atoms with Gasteiger partial charge in [0.15, 0.2) is 5.43 Å². The van der Waals surface area contributed by atoms with Crippen LogP contribution >= 0.6 is 0 Å². The second-order valence-corrected chi connectivity index (χ2v) is 4.34. The van der Waals surface area contributed by atoms with Crippen molar-refractivity contribution in [3.05, 3.63) is 45.0 Å². The normalized spacial score (nSPS) is 10.7. The van der Waals surface area contributed by atoms with E-state index >= 15 is 0 Å². The van der Waals surface area contributed by atoms with Gasteiger partial charge in [-0.3, -0.25) is 4.79 Å². The first-order valence-corrected chi connectivity index (χ1v) is 5.95. The van der Waals surface area contributed by atoms with Gasteiger partial charge in [-0.2, -0.15) is 0 Å². The molecule has 0 radical (unpaired) electrons. The summed E-state index contributed by atoms with van der Waals surface area (Å²) in [7, 11) is 0. The summed E-state index contributed by atoms with van der Waals surface area (Å²) in [5.41, 5.74) is 0.556. The van der Waals surface area contributed by atoms with Gasteiger partial charge in [0, 0.05) is 10.9 Å². The lowest BCUT2D eigenvalue weighted by atomic mass is 10.1. The second kappa shape index (κ2) is 4.84. The fraction of sp³-hybridized carbons (Fsp3) is 0.286. The number of aromatic nitrogens is 1. The molecule has 5 heteroatoms. The predicted molar refractivity (Wildman–Crippen MR) is 70.0 cm³/mol. The third kappa shape index (κ3) is 2.23. The summed E-state index contributed by atoms with van der Waals surface area (Å²) in [6, 6.07) is 2.90. The Labute approximate surface area is 109 Å². The molecule has 0 bridgehead atoms. The number of ether oxygens (including phenoxy) is 1. The molecule has 0 atom stereocenters. The molecule has 0 unspecified atom stereocenters. The zero-order valence-corrected chi connectivity index (χ0v) is 11.0. The van der Waals surface area contributed by atoms with E-state index < -0.39 is 11.8 Å². The molecule has 1 aromatic heterocycles. The molecule has 1 aromatic carbocycles. The molecule has 0 saturated carbocycles. The number of esters is 1. The maximum Gasteiger partial charge on any atom is 0.355 e. The smallest absolute Gasteiger partial charge is 0.355 e. The molecule has 0 aliphatic carbocycles. The lowest BCUT2D eigenvalue weighted by Crippen LogP contribution is -2.18. The van der Waals surface area contributed by atoms with Crippen LogP contribution in [0, 0.1) is 19.7 Å². The monoisotopic (exact) mass is 263 g/mol. The number of hydrogen-bond donors (Lipinski definition) is 1. The number of fused-ring (bicyclic) bond motifs is 1. The zero-order chi connectivity index (χ0) is 14.2. The molecule has 0 aliphatic rings. The number of rotatable bonds is 2. The van der Waals surface area contributed by atoms with Crippen LogP contribution in [0.25, 0.3) is 10.9 Å². The van der Waals surface area contributed by atoms with Gasteiger partial charge in [0.2, 0.25) is 0 Å². The molecule has 19 heavy (non-hydrogen) atoms. The van der Waals surface area contributed by atoms with Gasteiger partial charge < -0.3 is 9.72 Å². The van der Waals surface area contributed by atoms with Crippen LogP contribution in [0.4, 0.5) is 4.39 Å². The van der Waals surface area contributed by atoms with Gasteiger partial charge in [0.05, 0.1) is 12.1 Å². The number of carbonyl (C=O) groups is 1. The first kappa shape index (κ1) is 13.3. The van der Waals surface area contributed by atoms with E-state index in [0.29, 0.717) is 5.56 Å². The van der Waals surface area contributed by atoms with Crippen LogP contribution < -0.4 is 5.43 Å². The second-order valence-electron chi connectivity index (χ2n) is 4.34. The number of halogens is 1. The van der Waals surface area contributed by atoms with Crippen LogP contribution in [0.1, 0.15) is 28.5 Å². The Morgan fingerprint density at radius 2 is 2.05 bits per heavy atom. The van der Waals surface area contributed by atoms with E-state index in [0.717, 1.165) is 0 Å². The molecule has 2 rings (SSSR count). The van der Waals surface area contributed by atoms with Crippen LogP contribution in [0.5, 0.6) is 0 Å². The first-order valence-electron chi connectivity index (χ1n) is 5.95. The van der Waals surface area contributed by atoms with Crippen molar-refractivity contribution in [2.75, 3.05) is 6.61 Å². The fourth-order valence-corrected chi connectivity index (χ4v) is 1.99. The van der Waals surface area contributed by atoms with E-state index in [2.05, 4.69) is 4.98 Å². The van der Waals surface area contributed by atoms with Crippen molar-refractivity contribution in [2.24, 2.45) is 0 Å². The van der Waals surface area contributed by atoms with Crippen LogP contribution in [-0.4, -0.2) is 17.6 Å². The van der Waals surface area contributed by atoms with Crippen LogP contribution in [0.2, 0.25) is 0 Å². The molecular formula is C14H14FNO3. The summed E-state index contributed by atoms with van der Waals surface area (Å²) >= 11 is 0. The van der Waals surface area contributed by atoms with Crippen molar-refractivity contribution >= 4 is 16.9 Å². The fourth-order valence-electron chi connectivity index (χ4n) is 1.99. The van der Waals surface area contributed by atoms with E-state index in [1.54, 1.807) is 19.9 Å². The Kier molecular flexibility index (Phi) is 3.38. The third-order valence-electron chi connectivity index (χ3n) is 2.92. The molecule has 1 heterocycles. The Hall–Kier alpha value is -2.17. The predicted octanol–water partition coefficient (Wildman–Crippen LogP) is 2.46. The Morgan fingerprint density at radius 1 is 1.37 bits per heavy atom. The molecule has 0 amide bonds. The highest BCUT2D eigenvalue weighted by Crippen LogP contribution is 2.17. The van der Waals surface area contributed by atoms with Gasteiger partial charge in [-0.05, 0) is 38.5 Å². The van der Waals surface area contributed by atoms with Gasteiger partial charge in [0.25, 0.3) is 0 Å². The maximum atomic E-state index is 13.9. The largest absolute Gasteiger partial charge is 0.461 e. The summed E-state index contributed by atoms with van der Waals surface area (Å²) in [4.78, 5) is 26.6. The van der Waals surface area contributed by atoms with Gasteiger partial charge in [0.1, 0.15) is 11.5 Å². The average Bonchev–Trinajstić information content (AvgIpc) is 2.34. The van der Waals surface area contributed by atoms with Crippen molar-refractivity contribution in [1.82, 2.24) is 4.98 Å². The minimum atomic E-state index is -0.654. The molecule has 0 aliphatic heterocycles. The molecule has 0 spiro atoms. The summed E-state index contributed by atoms with van der Waals surface area (Å²) in [6.07, 6.45) is 0. The summed E-state index contributed by atoms with van der Waals surface area (Å²) in [5, 5.41) is 0.239. The Bertz CT molecular complexity index is 719.